The van der Waals surface area contributed by atoms with Crippen LogP contribution in [0.25, 0.3) is 0 Å². The van der Waals surface area contributed by atoms with Crippen molar-refractivity contribution < 1.29 is 23.2 Å². The molecule has 0 fully saturated rings. The van der Waals surface area contributed by atoms with Gasteiger partial charge in [0.25, 0.3) is 5.69 Å². The molecule has 0 aliphatic rings. The van der Waals surface area contributed by atoms with Crippen LogP contribution in [0.3, 0.4) is 0 Å². The minimum atomic E-state index is -3.92. The van der Waals surface area contributed by atoms with Crippen LogP contribution in [0, 0.1) is 16.0 Å². The van der Waals surface area contributed by atoms with Crippen molar-refractivity contribution in [3.63, 3.8) is 0 Å². The van der Waals surface area contributed by atoms with E-state index in [2.05, 4.69) is 15.9 Å². The summed E-state index contributed by atoms with van der Waals surface area (Å²) >= 11 is 2.94. The first-order valence-corrected chi connectivity index (χ1v) is 7.93. The maximum atomic E-state index is 12.3. The lowest BCUT2D eigenvalue weighted by atomic mass is 10.2. The third-order valence-electron chi connectivity index (χ3n) is 2.78. The summed E-state index contributed by atoms with van der Waals surface area (Å²) in [5.41, 5.74) is -0.254. The molecule has 1 aromatic carbocycles. The monoisotopic (exact) mass is 380 g/mol. The lowest BCUT2D eigenvalue weighted by molar-refractivity contribution is -0.385. The Morgan fingerprint density at radius 1 is 1.52 bits per heavy atom. The van der Waals surface area contributed by atoms with Crippen LogP contribution in [-0.2, 0) is 14.8 Å². The molecule has 1 rings (SSSR count). The van der Waals surface area contributed by atoms with Crippen molar-refractivity contribution in [2.45, 2.75) is 11.8 Å². The first-order chi connectivity index (χ1) is 9.57. The SMILES string of the molecule is CC(CN(C)S(=O)(=O)c1ccc([N+](=O)[O-])c(Br)c1)C(=O)O. The van der Waals surface area contributed by atoms with Gasteiger partial charge in [-0.2, -0.15) is 0 Å². The molecule has 0 amide bonds. The second kappa shape index (κ2) is 6.50. The number of aliphatic carboxylic acids is 1. The first kappa shape index (κ1) is 17.5. The summed E-state index contributed by atoms with van der Waals surface area (Å²) in [5.74, 6) is -1.98. The van der Waals surface area contributed by atoms with Gasteiger partial charge in [0.15, 0.2) is 0 Å². The van der Waals surface area contributed by atoms with Crippen molar-refractivity contribution in [3.05, 3.63) is 32.8 Å². The molecule has 0 heterocycles. The lowest BCUT2D eigenvalue weighted by Gasteiger charge is -2.19. The molecule has 1 N–H and O–H groups in total. The Morgan fingerprint density at radius 2 is 2.10 bits per heavy atom. The highest BCUT2D eigenvalue weighted by Crippen LogP contribution is 2.28. The molecule has 0 spiro atoms. The van der Waals surface area contributed by atoms with E-state index in [-0.39, 0.29) is 21.6 Å². The number of halogens is 1. The number of hydrogen-bond donors (Lipinski definition) is 1. The summed E-state index contributed by atoms with van der Waals surface area (Å²) in [6, 6.07) is 3.31. The smallest absolute Gasteiger partial charge is 0.307 e. The molecule has 21 heavy (non-hydrogen) atoms. The molecule has 0 saturated carbocycles. The number of benzene rings is 1. The maximum Gasteiger partial charge on any atom is 0.307 e. The average molecular weight is 381 g/mol. The van der Waals surface area contributed by atoms with E-state index in [9.17, 15) is 23.3 Å². The number of sulfonamides is 1. The van der Waals surface area contributed by atoms with E-state index in [0.717, 1.165) is 22.5 Å². The van der Waals surface area contributed by atoms with Crippen molar-refractivity contribution in [1.29, 1.82) is 0 Å². The molecule has 0 aliphatic carbocycles. The molecule has 0 radical (unpaired) electrons. The normalized spacial score (nSPS) is 13.1. The van der Waals surface area contributed by atoms with Gasteiger partial charge in [0.2, 0.25) is 10.0 Å². The van der Waals surface area contributed by atoms with Crippen LogP contribution in [0.15, 0.2) is 27.6 Å². The Labute approximate surface area is 129 Å². The molecule has 0 bridgehead atoms. The van der Waals surface area contributed by atoms with Crippen molar-refractivity contribution in [3.8, 4) is 0 Å². The quantitative estimate of drug-likeness (QED) is 0.592. The van der Waals surface area contributed by atoms with Crippen LogP contribution in [0.2, 0.25) is 0 Å². The van der Waals surface area contributed by atoms with Crippen molar-refractivity contribution in [2.75, 3.05) is 13.6 Å². The van der Waals surface area contributed by atoms with Gasteiger partial charge in [0.1, 0.15) is 0 Å². The van der Waals surface area contributed by atoms with E-state index in [1.54, 1.807) is 0 Å². The van der Waals surface area contributed by atoms with Gasteiger partial charge in [-0.15, -0.1) is 0 Å². The van der Waals surface area contributed by atoms with Crippen LogP contribution >= 0.6 is 15.9 Å². The van der Waals surface area contributed by atoms with E-state index in [1.807, 2.05) is 0 Å². The molecule has 0 saturated heterocycles. The Bertz CT molecular complexity index is 675. The molecule has 1 unspecified atom stereocenters. The van der Waals surface area contributed by atoms with E-state index < -0.39 is 26.8 Å². The van der Waals surface area contributed by atoms with E-state index >= 15 is 0 Å². The van der Waals surface area contributed by atoms with Crippen LogP contribution in [0.4, 0.5) is 5.69 Å². The fourth-order valence-corrected chi connectivity index (χ4v) is 3.50. The van der Waals surface area contributed by atoms with Crippen LogP contribution < -0.4 is 0 Å². The molecular formula is C11H13BrN2O6S. The summed E-state index contributed by atoms with van der Waals surface area (Å²) < 4.78 is 25.5. The molecule has 116 valence electrons. The largest absolute Gasteiger partial charge is 0.481 e. The van der Waals surface area contributed by atoms with Gasteiger partial charge in [-0.1, -0.05) is 6.92 Å². The van der Waals surface area contributed by atoms with E-state index in [4.69, 9.17) is 5.11 Å². The molecule has 0 aliphatic heterocycles. The Hall–Kier alpha value is -1.52. The van der Waals surface area contributed by atoms with Gasteiger partial charge in [0.05, 0.1) is 20.2 Å². The maximum absolute atomic E-state index is 12.3. The van der Waals surface area contributed by atoms with Crippen LogP contribution in [0.5, 0.6) is 0 Å². The number of carbonyl (C=O) groups is 1. The van der Waals surface area contributed by atoms with Gasteiger partial charge >= 0.3 is 5.97 Å². The van der Waals surface area contributed by atoms with Gasteiger partial charge in [-0.25, -0.2) is 12.7 Å². The summed E-state index contributed by atoms with van der Waals surface area (Å²) in [6.07, 6.45) is 0. The van der Waals surface area contributed by atoms with Gasteiger partial charge in [-0.05, 0) is 28.1 Å². The van der Waals surface area contributed by atoms with Crippen LogP contribution in [0.1, 0.15) is 6.92 Å². The predicted molar refractivity (Wildman–Crippen MR) is 77.4 cm³/mol. The van der Waals surface area contributed by atoms with Crippen molar-refractivity contribution in [1.82, 2.24) is 4.31 Å². The summed E-state index contributed by atoms with van der Waals surface area (Å²) in [7, 11) is -2.66. The highest BCUT2D eigenvalue weighted by atomic mass is 79.9. The Kier molecular flexibility index (Phi) is 5.42. The summed E-state index contributed by atoms with van der Waals surface area (Å²) in [5, 5.41) is 19.5. The third kappa shape index (κ3) is 3.99. The zero-order valence-corrected chi connectivity index (χ0v) is 13.6. The summed E-state index contributed by atoms with van der Waals surface area (Å²) in [4.78, 5) is 20.7. The lowest BCUT2D eigenvalue weighted by Crippen LogP contribution is -2.33. The fraction of sp³-hybridized carbons (Fsp3) is 0.364. The number of nitrogens with zero attached hydrogens (tertiary/aromatic N) is 2. The molecule has 0 aromatic heterocycles. The number of hydrogen-bond acceptors (Lipinski definition) is 5. The minimum Gasteiger partial charge on any atom is -0.481 e. The molecular weight excluding hydrogens is 368 g/mol. The number of nitro groups is 1. The van der Waals surface area contributed by atoms with Gasteiger partial charge in [0, 0.05) is 19.7 Å². The topological polar surface area (TPSA) is 118 Å². The number of nitro benzene ring substituents is 1. The Morgan fingerprint density at radius 3 is 2.52 bits per heavy atom. The average Bonchev–Trinajstić information content (AvgIpc) is 2.37. The van der Waals surface area contributed by atoms with Gasteiger partial charge in [-0.3, -0.25) is 14.9 Å². The van der Waals surface area contributed by atoms with E-state index in [0.29, 0.717) is 0 Å². The Balaban J connectivity index is 3.11. The number of rotatable bonds is 6. The van der Waals surface area contributed by atoms with E-state index in [1.165, 1.54) is 14.0 Å². The zero-order valence-electron chi connectivity index (χ0n) is 11.2. The fourth-order valence-electron chi connectivity index (χ4n) is 1.54. The molecule has 8 nitrogen and oxygen atoms in total. The standard InChI is InChI=1S/C11H13BrN2O6S/c1-7(11(15)16)6-13(2)21(19,20)8-3-4-10(14(17)18)9(12)5-8/h3-5,7H,6H2,1-2H3,(H,15,16). The third-order valence-corrected chi connectivity index (χ3v) is 5.23. The minimum absolute atomic E-state index is 0.0354. The van der Waals surface area contributed by atoms with Crippen LogP contribution in [-0.4, -0.2) is 42.3 Å². The molecule has 1 aromatic rings. The summed E-state index contributed by atoms with van der Waals surface area (Å²) in [6.45, 7) is 1.19. The first-order valence-electron chi connectivity index (χ1n) is 5.70. The van der Waals surface area contributed by atoms with Crippen molar-refractivity contribution in [2.24, 2.45) is 5.92 Å². The predicted octanol–water partition coefficient (Wildman–Crippen LogP) is 1.70. The molecule has 10 heteroatoms. The van der Waals surface area contributed by atoms with Gasteiger partial charge < -0.3 is 5.11 Å². The number of carboxylic acid groups (broad SMARTS) is 1. The number of carboxylic acids is 1. The zero-order chi connectivity index (χ0) is 16.4. The highest BCUT2D eigenvalue weighted by molar-refractivity contribution is 9.10. The highest BCUT2D eigenvalue weighted by Gasteiger charge is 2.26. The van der Waals surface area contributed by atoms with Crippen molar-refractivity contribution >= 4 is 37.6 Å². The molecule has 1 atom stereocenters. The second-order valence-corrected chi connectivity index (χ2v) is 7.29. The second-order valence-electron chi connectivity index (χ2n) is 4.40.